The molecule has 5 nitrogen and oxygen atoms in total. The summed E-state index contributed by atoms with van der Waals surface area (Å²) in [5, 5.41) is 17.8. The summed E-state index contributed by atoms with van der Waals surface area (Å²) >= 11 is 3.20. The van der Waals surface area contributed by atoms with Crippen molar-refractivity contribution in [2.24, 2.45) is 0 Å². The number of aromatic nitrogens is 4. The normalized spacial score (nSPS) is 11.2. The van der Waals surface area contributed by atoms with E-state index in [0.717, 1.165) is 45.3 Å². The van der Waals surface area contributed by atoms with Crippen LogP contribution in [0.2, 0.25) is 0 Å². The van der Waals surface area contributed by atoms with E-state index in [0.29, 0.717) is 0 Å². The van der Waals surface area contributed by atoms with Gasteiger partial charge in [-0.25, -0.2) is 9.97 Å². The number of thiazole rings is 2. The van der Waals surface area contributed by atoms with Crippen molar-refractivity contribution in [2.45, 2.75) is 19.8 Å². The van der Waals surface area contributed by atoms with Crippen molar-refractivity contribution >= 4 is 44.5 Å². The third-order valence-corrected chi connectivity index (χ3v) is 5.09. The first-order valence-electron chi connectivity index (χ1n) is 7.42. The molecule has 3 aromatic heterocycles. The van der Waals surface area contributed by atoms with E-state index in [9.17, 15) is 0 Å². The van der Waals surface area contributed by atoms with Crippen LogP contribution in [0.4, 0.5) is 10.9 Å². The molecular formula is C16H15N5S2. The maximum absolute atomic E-state index is 4.46. The summed E-state index contributed by atoms with van der Waals surface area (Å²) in [5.41, 5.74) is 3.42. The van der Waals surface area contributed by atoms with Crippen LogP contribution in [0.1, 0.15) is 18.9 Å². The topological polar surface area (TPSA) is 66.5 Å². The van der Waals surface area contributed by atoms with E-state index >= 15 is 0 Å². The summed E-state index contributed by atoms with van der Waals surface area (Å²) < 4.78 is 0. The molecule has 0 aliphatic rings. The second-order valence-electron chi connectivity index (χ2n) is 5.19. The molecule has 1 aromatic carbocycles. The Morgan fingerprint density at radius 2 is 2.00 bits per heavy atom. The SMILES string of the molecule is CCCc1cc(-c2nccs2)c2[nH]nc(Nc3nccs3)c2c1. The van der Waals surface area contributed by atoms with Gasteiger partial charge in [0, 0.05) is 34.1 Å². The number of fused-ring (bicyclic) bond motifs is 1. The number of nitrogens with zero attached hydrogens (tertiary/aromatic N) is 3. The first-order chi connectivity index (χ1) is 11.3. The van der Waals surface area contributed by atoms with Crippen LogP contribution < -0.4 is 5.32 Å². The zero-order valence-corrected chi connectivity index (χ0v) is 14.2. The fourth-order valence-corrected chi connectivity index (χ4v) is 3.81. The van der Waals surface area contributed by atoms with Gasteiger partial charge in [0.15, 0.2) is 10.9 Å². The van der Waals surface area contributed by atoms with Crippen LogP contribution in [0, 0.1) is 0 Å². The van der Waals surface area contributed by atoms with Crippen LogP contribution in [0.3, 0.4) is 0 Å². The summed E-state index contributed by atoms with van der Waals surface area (Å²) in [4.78, 5) is 8.74. The van der Waals surface area contributed by atoms with Gasteiger partial charge >= 0.3 is 0 Å². The molecule has 0 saturated carbocycles. The lowest BCUT2D eigenvalue weighted by molar-refractivity contribution is 0.924. The molecule has 0 bridgehead atoms. The Morgan fingerprint density at radius 1 is 1.13 bits per heavy atom. The Bertz CT molecular complexity index is 910. The number of aryl methyl sites for hydroxylation is 1. The largest absolute Gasteiger partial charge is 0.314 e. The van der Waals surface area contributed by atoms with Crippen LogP contribution in [-0.2, 0) is 6.42 Å². The van der Waals surface area contributed by atoms with Crippen LogP contribution in [0.5, 0.6) is 0 Å². The van der Waals surface area contributed by atoms with Gasteiger partial charge in [0.1, 0.15) is 5.01 Å². The standard InChI is InChI=1S/C16H15N5S2/c1-2-3-10-8-11-13(12(9-10)15-17-4-6-22-15)20-21-14(11)19-16-18-5-7-23-16/h4-9H,2-3H2,1H3,(H2,18,19,20,21). The van der Waals surface area contributed by atoms with Gasteiger partial charge in [-0.3, -0.25) is 5.10 Å². The molecule has 23 heavy (non-hydrogen) atoms. The van der Waals surface area contributed by atoms with Gasteiger partial charge in [-0.15, -0.1) is 22.7 Å². The fourth-order valence-electron chi connectivity index (χ4n) is 2.62. The molecule has 0 radical (unpaired) electrons. The fraction of sp³-hybridized carbons (Fsp3) is 0.188. The Balaban J connectivity index is 1.87. The average molecular weight is 341 g/mol. The summed E-state index contributed by atoms with van der Waals surface area (Å²) in [6.45, 7) is 2.19. The molecular weight excluding hydrogens is 326 g/mol. The quantitative estimate of drug-likeness (QED) is 0.545. The number of rotatable bonds is 5. The smallest absolute Gasteiger partial charge is 0.188 e. The van der Waals surface area contributed by atoms with Crippen LogP contribution in [0.25, 0.3) is 21.5 Å². The minimum atomic E-state index is 0.811. The highest BCUT2D eigenvalue weighted by atomic mass is 32.1. The van der Waals surface area contributed by atoms with E-state index in [2.05, 4.69) is 44.5 Å². The Morgan fingerprint density at radius 3 is 2.74 bits per heavy atom. The van der Waals surface area contributed by atoms with Gasteiger partial charge < -0.3 is 5.32 Å². The zero-order valence-electron chi connectivity index (χ0n) is 12.5. The van der Waals surface area contributed by atoms with Crippen molar-refractivity contribution in [3.63, 3.8) is 0 Å². The Hall–Kier alpha value is -2.25. The van der Waals surface area contributed by atoms with Crippen molar-refractivity contribution in [3.05, 3.63) is 40.8 Å². The molecule has 0 saturated heterocycles. The molecule has 4 aromatic rings. The van der Waals surface area contributed by atoms with Crippen molar-refractivity contribution < 1.29 is 0 Å². The van der Waals surface area contributed by atoms with E-state index in [-0.39, 0.29) is 0 Å². The van der Waals surface area contributed by atoms with Gasteiger partial charge in [0.2, 0.25) is 0 Å². The van der Waals surface area contributed by atoms with Crippen molar-refractivity contribution in [3.8, 4) is 10.6 Å². The zero-order chi connectivity index (χ0) is 15.6. The van der Waals surface area contributed by atoms with Crippen LogP contribution in [-0.4, -0.2) is 20.2 Å². The van der Waals surface area contributed by atoms with Gasteiger partial charge in [0.05, 0.1) is 5.52 Å². The minimum Gasteiger partial charge on any atom is -0.314 e. The number of nitrogens with one attached hydrogen (secondary N) is 2. The molecule has 0 fully saturated rings. The third-order valence-electron chi connectivity index (χ3n) is 3.59. The molecule has 4 rings (SSSR count). The monoisotopic (exact) mass is 341 g/mol. The van der Waals surface area contributed by atoms with E-state index in [1.807, 2.05) is 17.0 Å². The first kappa shape index (κ1) is 14.3. The summed E-state index contributed by atoms with van der Waals surface area (Å²) in [6, 6.07) is 4.42. The Kier molecular flexibility index (Phi) is 3.80. The molecule has 0 atom stereocenters. The molecule has 7 heteroatoms. The lowest BCUT2D eigenvalue weighted by Gasteiger charge is -2.06. The highest BCUT2D eigenvalue weighted by molar-refractivity contribution is 7.13. The summed E-state index contributed by atoms with van der Waals surface area (Å²) in [6.07, 6.45) is 5.76. The summed E-state index contributed by atoms with van der Waals surface area (Å²) in [7, 11) is 0. The average Bonchev–Trinajstić information content (AvgIpc) is 3.29. The minimum absolute atomic E-state index is 0.811. The van der Waals surface area contributed by atoms with Gasteiger partial charge in [0.25, 0.3) is 0 Å². The lowest BCUT2D eigenvalue weighted by Crippen LogP contribution is -1.91. The number of anilines is 2. The second kappa shape index (κ2) is 6.10. The maximum atomic E-state index is 4.46. The van der Waals surface area contributed by atoms with Gasteiger partial charge in [-0.2, -0.15) is 5.10 Å². The van der Waals surface area contributed by atoms with Crippen molar-refractivity contribution in [1.29, 1.82) is 0 Å². The predicted octanol–water partition coefficient (Wildman–Crippen LogP) is 4.84. The molecule has 116 valence electrons. The van der Waals surface area contributed by atoms with E-state index < -0.39 is 0 Å². The highest BCUT2D eigenvalue weighted by Crippen LogP contribution is 2.34. The number of hydrogen-bond donors (Lipinski definition) is 2. The van der Waals surface area contributed by atoms with Crippen LogP contribution >= 0.6 is 22.7 Å². The Labute approximate surface area is 141 Å². The van der Waals surface area contributed by atoms with Crippen LogP contribution in [0.15, 0.2) is 35.3 Å². The second-order valence-corrected chi connectivity index (χ2v) is 6.98. The van der Waals surface area contributed by atoms with Crippen molar-refractivity contribution in [1.82, 2.24) is 20.2 Å². The lowest BCUT2D eigenvalue weighted by atomic mass is 10.0. The molecule has 0 amide bonds. The highest BCUT2D eigenvalue weighted by Gasteiger charge is 2.15. The molecule has 0 unspecified atom stereocenters. The van der Waals surface area contributed by atoms with Crippen molar-refractivity contribution in [2.75, 3.05) is 5.32 Å². The number of aromatic amines is 1. The molecule has 0 aliphatic heterocycles. The predicted molar refractivity (Wildman–Crippen MR) is 96.6 cm³/mol. The van der Waals surface area contributed by atoms with E-state index in [1.54, 1.807) is 28.9 Å². The number of hydrogen-bond acceptors (Lipinski definition) is 6. The molecule has 0 aliphatic carbocycles. The van der Waals surface area contributed by atoms with E-state index in [4.69, 9.17) is 0 Å². The maximum Gasteiger partial charge on any atom is 0.188 e. The van der Waals surface area contributed by atoms with Gasteiger partial charge in [-0.05, 0) is 24.1 Å². The first-order valence-corrected chi connectivity index (χ1v) is 9.18. The molecule has 2 N–H and O–H groups in total. The van der Waals surface area contributed by atoms with E-state index in [1.165, 1.54) is 5.56 Å². The number of H-pyrrole nitrogens is 1. The van der Waals surface area contributed by atoms with Gasteiger partial charge in [-0.1, -0.05) is 13.3 Å². The summed E-state index contributed by atoms with van der Waals surface area (Å²) in [5.74, 6) is 0.811. The molecule has 0 spiro atoms. The number of benzene rings is 1. The molecule has 3 heterocycles. The third kappa shape index (κ3) is 2.73.